The van der Waals surface area contributed by atoms with Crippen LogP contribution in [0.5, 0.6) is 5.75 Å². The zero-order valence-electron chi connectivity index (χ0n) is 18.8. The summed E-state index contributed by atoms with van der Waals surface area (Å²) in [7, 11) is 3.44. The number of methoxy groups -OCH3 is 1. The van der Waals surface area contributed by atoms with Crippen molar-refractivity contribution in [1.82, 2.24) is 10.2 Å². The lowest BCUT2D eigenvalue weighted by Gasteiger charge is -2.40. The molecule has 0 radical (unpaired) electrons. The van der Waals surface area contributed by atoms with Crippen LogP contribution in [0, 0.1) is 11.8 Å². The maximum atomic E-state index is 11.8. The van der Waals surface area contributed by atoms with E-state index in [2.05, 4.69) is 28.4 Å². The summed E-state index contributed by atoms with van der Waals surface area (Å²) >= 11 is 0. The second kappa shape index (κ2) is 8.66. The Kier molecular flexibility index (Phi) is 5.75. The quantitative estimate of drug-likeness (QED) is 0.710. The van der Waals surface area contributed by atoms with E-state index in [0.29, 0.717) is 11.5 Å². The fourth-order valence-corrected chi connectivity index (χ4v) is 6.39. The molecule has 3 fully saturated rings. The van der Waals surface area contributed by atoms with E-state index in [-0.39, 0.29) is 7.33 Å². The SMILES string of the molecule is CNC(=O)c1ccc(-c2ccc(OC)c(C3CCN([C@H]4C[C@H]5CC[C@H]4C5)CC3)c2)cc1.[HH]. The Hall–Kier alpha value is -2.33. The van der Waals surface area contributed by atoms with Crippen LogP contribution in [0.1, 0.15) is 61.8 Å². The van der Waals surface area contributed by atoms with Crippen molar-refractivity contribution in [2.24, 2.45) is 11.8 Å². The number of likely N-dealkylation sites (tertiary alicyclic amines) is 1. The van der Waals surface area contributed by atoms with Gasteiger partial charge in [0.2, 0.25) is 0 Å². The molecule has 1 aliphatic heterocycles. The molecule has 5 rings (SSSR count). The molecular weight excluding hydrogens is 384 g/mol. The van der Waals surface area contributed by atoms with Crippen molar-refractivity contribution < 1.29 is 11.0 Å². The number of hydrogen-bond donors (Lipinski definition) is 1. The zero-order chi connectivity index (χ0) is 21.4. The minimum absolute atomic E-state index is 0. The minimum Gasteiger partial charge on any atom is -0.496 e. The maximum absolute atomic E-state index is 11.8. The summed E-state index contributed by atoms with van der Waals surface area (Å²) in [5.74, 6) is 3.49. The molecule has 2 aromatic carbocycles. The summed E-state index contributed by atoms with van der Waals surface area (Å²) in [6.07, 6.45) is 8.29. The second-order valence-corrected chi connectivity index (χ2v) is 9.67. The topological polar surface area (TPSA) is 41.6 Å². The number of fused-ring (bicyclic) bond motifs is 2. The number of hydrogen-bond acceptors (Lipinski definition) is 3. The van der Waals surface area contributed by atoms with Gasteiger partial charge in [-0.25, -0.2) is 0 Å². The van der Waals surface area contributed by atoms with E-state index in [1.165, 1.54) is 62.7 Å². The van der Waals surface area contributed by atoms with Gasteiger partial charge in [-0.1, -0.05) is 24.6 Å². The number of piperidine rings is 1. The van der Waals surface area contributed by atoms with Crippen LogP contribution < -0.4 is 10.1 Å². The van der Waals surface area contributed by atoms with Crippen molar-refractivity contribution in [1.29, 1.82) is 0 Å². The number of benzene rings is 2. The molecule has 2 aromatic rings. The molecule has 0 aromatic heterocycles. The minimum atomic E-state index is -0.0517. The molecule has 4 nitrogen and oxygen atoms in total. The van der Waals surface area contributed by atoms with Crippen molar-refractivity contribution in [2.75, 3.05) is 27.2 Å². The first kappa shape index (κ1) is 20.6. The summed E-state index contributed by atoms with van der Waals surface area (Å²) in [4.78, 5) is 14.6. The molecule has 3 aliphatic rings. The van der Waals surface area contributed by atoms with Gasteiger partial charge in [0.25, 0.3) is 5.91 Å². The Balaban J connectivity index is 0.00000245. The van der Waals surface area contributed by atoms with E-state index in [9.17, 15) is 4.79 Å². The Morgan fingerprint density at radius 3 is 2.35 bits per heavy atom. The van der Waals surface area contributed by atoms with E-state index in [1.807, 2.05) is 24.3 Å². The van der Waals surface area contributed by atoms with Crippen molar-refractivity contribution in [3.63, 3.8) is 0 Å². The molecule has 1 heterocycles. The predicted octanol–water partition coefficient (Wildman–Crippen LogP) is 5.34. The summed E-state index contributed by atoms with van der Waals surface area (Å²) in [5, 5.41) is 2.68. The summed E-state index contributed by atoms with van der Waals surface area (Å²) in [5.41, 5.74) is 4.35. The van der Waals surface area contributed by atoms with Crippen LogP contribution in [-0.4, -0.2) is 44.1 Å². The van der Waals surface area contributed by atoms with E-state index in [4.69, 9.17) is 4.74 Å². The molecule has 2 bridgehead atoms. The van der Waals surface area contributed by atoms with Gasteiger partial charge < -0.3 is 15.0 Å². The van der Waals surface area contributed by atoms with Crippen molar-refractivity contribution >= 4 is 5.91 Å². The Morgan fingerprint density at radius 2 is 1.74 bits per heavy atom. The van der Waals surface area contributed by atoms with Crippen LogP contribution in [0.2, 0.25) is 0 Å². The van der Waals surface area contributed by atoms with Crippen molar-refractivity contribution in [2.45, 2.75) is 50.5 Å². The third-order valence-corrected chi connectivity index (χ3v) is 8.08. The molecule has 1 N–H and O–H groups in total. The highest BCUT2D eigenvalue weighted by atomic mass is 16.5. The molecule has 1 amide bonds. The van der Waals surface area contributed by atoms with Gasteiger partial charge in [-0.3, -0.25) is 4.79 Å². The van der Waals surface area contributed by atoms with Gasteiger partial charge in [0.1, 0.15) is 5.75 Å². The summed E-state index contributed by atoms with van der Waals surface area (Å²) in [6.45, 7) is 2.43. The molecule has 0 spiro atoms. The third-order valence-electron chi connectivity index (χ3n) is 8.08. The van der Waals surface area contributed by atoms with Crippen molar-refractivity contribution in [3.05, 3.63) is 53.6 Å². The second-order valence-electron chi connectivity index (χ2n) is 9.67. The Morgan fingerprint density at radius 1 is 1.00 bits per heavy atom. The van der Waals surface area contributed by atoms with Crippen LogP contribution in [0.3, 0.4) is 0 Å². The molecule has 1 saturated heterocycles. The number of rotatable bonds is 5. The predicted molar refractivity (Wildman–Crippen MR) is 127 cm³/mol. The average molecular weight is 421 g/mol. The van der Waals surface area contributed by atoms with Crippen LogP contribution >= 0.6 is 0 Å². The smallest absolute Gasteiger partial charge is 0.251 e. The first-order valence-corrected chi connectivity index (χ1v) is 11.9. The van der Waals surface area contributed by atoms with Gasteiger partial charge in [-0.15, -0.1) is 0 Å². The molecule has 0 unspecified atom stereocenters. The standard InChI is InChI=1S/C27H34N2O2.H2/c1-28-27(30)21-7-5-19(6-8-21)22-9-10-26(31-2)24(17-22)20-11-13-29(14-12-20)25-16-18-3-4-23(25)15-18;/h5-10,17-18,20,23,25H,3-4,11-16H2,1-2H3,(H,28,30);1H/t18-,23-,25-;/m0./s1. The summed E-state index contributed by atoms with van der Waals surface area (Å²) in [6, 6.07) is 15.3. The molecular formula is C27H36N2O2. The highest BCUT2D eigenvalue weighted by Gasteiger charge is 2.43. The van der Waals surface area contributed by atoms with E-state index < -0.39 is 0 Å². The lowest BCUT2D eigenvalue weighted by Crippen LogP contribution is -2.43. The van der Waals surface area contributed by atoms with Crippen LogP contribution in [-0.2, 0) is 0 Å². The molecule has 3 atom stereocenters. The van der Waals surface area contributed by atoms with Gasteiger partial charge in [-0.05, 0) is 104 Å². The number of ether oxygens (including phenoxy) is 1. The Labute approximate surface area is 187 Å². The highest BCUT2D eigenvalue weighted by Crippen LogP contribution is 2.48. The first-order chi connectivity index (χ1) is 15.2. The molecule has 2 aliphatic carbocycles. The van der Waals surface area contributed by atoms with E-state index in [0.717, 1.165) is 29.2 Å². The first-order valence-electron chi connectivity index (χ1n) is 11.9. The number of nitrogens with zero attached hydrogens (tertiary/aromatic N) is 1. The number of nitrogens with one attached hydrogen (secondary N) is 1. The van der Waals surface area contributed by atoms with Crippen molar-refractivity contribution in [3.8, 4) is 16.9 Å². The number of carbonyl (C=O) groups is 1. The summed E-state index contributed by atoms with van der Waals surface area (Å²) < 4.78 is 5.75. The maximum Gasteiger partial charge on any atom is 0.251 e. The largest absolute Gasteiger partial charge is 0.496 e. The van der Waals surface area contributed by atoms with Gasteiger partial charge in [0.15, 0.2) is 0 Å². The molecule has 4 heteroatoms. The van der Waals surface area contributed by atoms with E-state index in [1.54, 1.807) is 14.2 Å². The van der Waals surface area contributed by atoms with Crippen LogP contribution in [0.15, 0.2) is 42.5 Å². The Bertz CT molecular complexity index is 937. The lowest BCUT2D eigenvalue weighted by atomic mass is 9.85. The number of carbonyl (C=O) groups excluding carboxylic acids is 1. The van der Waals surface area contributed by atoms with Gasteiger partial charge >= 0.3 is 0 Å². The van der Waals surface area contributed by atoms with Crippen LogP contribution in [0.25, 0.3) is 11.1 Å². The number of amides is 1. The van der Waals surface area contributed by atoms with E-state index >= 15 is 0 Å². The van der Waals surface area contributed by atoms with Gasteiger partial charge in [0.05, 0.1) is 7.11 Å². The van der Waals surface area contributed by atoms with Gasteiger partial charge in [-0.2, -0.15) is 0 Å². The monoisotopic (exact) mass is 420 g/mol. The average Bonchev–Trinajstić information content (AvgIpc) is 3.47. The molecule has 166 valence electrons. The third kappa shape index (κ3) is 3.98. The molecule has 2 saturated carbocycles. The molecule has 31 heavy (non-hydrogen) atoms. The zero-order valence-corrected chi connectivity index (χ0v) is 18.8. The highest BCUT2D eigenvalue weighted by molar-refractivity contribution is 5.94. The van der Waals surface area contributed by atoms with Crippen LogP contribution in [0.4, 0.5) is 0 Å². The van der Waals surface area contributed by atoms with Gasteiger partial charge in [0, 0.05) is 20.1 Å². The fraction of sp³-hybridized carbons (Fsp3) is 0.519. The normalized spacial score (nSPS) is 26.2. The fourth-order valence-electron chi connectivity index (χ4n) is 6.39. The lowest BCUT2D eigenvalue weighted by molar-refractivity contribution is 0.0963.